The van der Waals surface area contributed by atoms with Crippen LogP contribution in [0.3, 0.4) is 0 Å². The van der Waals surface area contributed by atoms with E-state index in [1.54, 1.807) is 0 Å². The lowest BCUT2D eigenvalue weighted by Crippen LogP contribution is -2.23. The summed E-state index contributed by atoms with van der Waals surface area (Å²) < 4.78 is 8.60. The van der Waals surface area contributed by atoms with E-state index in [1.807, 2.05) is 12.1 Å². The van der Waals surface area contributed by atoms with Crippen LogP contribution in [0.1, 0.15) is 6.42 Å². The van der Waals surface area contributed by atoms with Gasteiger partial charge in [0.15, 0.2) is 0 Å². The fourth-order valence-corrected chi connectivity index (χ4v) is 3.15. The standard InChI is InChI=1S/C11H13ClN4S/c12-8-1-2-9-10(15-17-14-9)11(8)16-4-3-7(5-13)6-16/h1-2,7H,3-6,13H2. The van der Waals surface area contributed by atoms with E-state index in [9.17, 15) is 0 Å². The van der Waals surface area contributed by atoms with Gasteiger partial charge < -0.3 is 10.6 Å². The highest BCUT2D eigenvalue weighted by Crippen LogP contribution is 2.35. The van der Waals surface area contributed by atoms with Crippen LogP contribution >= 0.6 is 23.3 Å². The van der Waals surface area contributed by atoms with Gasteiger partial charge in [0.05, 0.1) is 22.4 Å². The maximum Gasteiger partial charge on any atom is 0.129 e. The molecule has 1 saturated heterocycles. The number of hydrogen-bond acceptors (Lipinski definition) is 5. The van der Waals surface area contributed by atoms with Gasteiger partial charge >= 0.3 is 0 Å². The van der Waals surface area contributed by atoms with Crippen molar-refractivity contribution >= 4 is 40.0 Å². The molecule has 0 amide bonds. The first kappa shape index (κ1) is 11.2. The molecule has 3 rings (SSSR count). The van der Waals surface area contributed by atoms with Crippen LogP contribution in [0.2, 0.25) is 5.02 Å². The third-order valence-electron chi connectivity index (χ3n) is 3.29. The monoisotopic (exact) mass is 268 g/mol. The lowest BCUT2D eigenvalue weighted by molar-refractivity contribution is 0.603. The zero-order valence-electron chi connectivity index (χ0n) is 9.27. The largest absolute Gasteiger partial charge is 0.368 e. The second kappa shape index (κ2) is 4.40. The van der Waals surface area contributed by atoms with E-state index in [4.69, 9.17) is 17.3 Å². The number of halogens is 1. The number of nitrogens with zero attached hydrogens (tertiary/aromatic N) is 3. The summed E-state index contributed by atoms with van der Waals surface area (Å²) in [4.78, 5) is 2.28. The number of nitrogens with two attached hydrogens (primary N) is 1. The molecular weight excluding hydrogens is 256 g/mol. The van der Waals surface area contributed by atoms with E-state index in [0.717, 1.165) is 47.8 Å². The smallest absolute Gasteiger partial charge is 0.129 e. The molecule has 2 heterocycles. The second-order valence-corrected chi connectivity index (χ2v) is 5.30. The average Bonchev–Trinajstić information content (AvgIpc) is 2.96. The zero-order chi connectivity index (χ0) is 11.8. The average molecular weight is 269 g/mol. The zero-order valence-corrected chi connectivity index (χ0v) is 10.8. The molecular formula is C11H13ClN4S. The van der Waals surface area contributed by atoms with Crippen LogP contribution in [0.15, 0.2) is 12.1 Å². The van der Waals surface area contributed by atoms with Crippen LogP contribution in [0, 0.1) is 5.92 Å². The molecule has 0 spiro atoms. The highest BCUT2D eigenvalue weighted by atomic mass is 35.5. The van der Waals surface area contributed by atoms with Gasteiger partial charge in [-0.1, -0.05) is 11.6 Å². The highest BCUT2D eigenvalue weighted by Gasteiger charge is 2.25. The summed E-state index contributed by atoms with van der Waals surface area (Å²) in [7, 11) is 0. The van der Waals surface area contributed by atoms with Crippen LogP contribution in [-0.4, -0.2) is 28.4 Å². The van der Waals surface area contributed by atoms with Gasteiger partial charge in [-0.25, -0.2) is 0 Å². The van der Waals surface area contributed by atoms with Crippen molar-refractivity contribution in [3.63, 3.8) is 0 Å². The van der Waals surface area contributed by atoms with Crippen LogP contribution in [0.25, 0.3) is 11.0 Å². The normalized spacial score (nSPS) is 20.4. The Balaban J connectivity index is 2.04. The predicted octanol–water partition coefficient (Wildman–Crippen LogP) is 2.13. The molecule has 1 aliphatic heterocycles. The molecule has 1 aromatic carbocycles. The van der Waals surface area contributed by atoms with Crippen molar-refractivity contribution in [2.24, 2.45) is 11.7 Å². The van der Waals surface area contributed by atoms with Crippen LogP contribution in [0.4, 0.5) is 5.69 Å². The van der Waals surface area contributed by atoms with Crippen LogP contribution < -0.4 is 10.6 Å². The summed E-state index contributed by atoms with van der Waals surface area (Å²) in [5.41, 5.74) is 8.58. The molecule has 2 N–H and O–H groups in total. The lowest BCUT2D eigenvalue weighted by atomic mass is 10.1. The fourth-order valence-electron chi connectivity index (χ4n) is 2.34. The van der Waals surface area contributed by atoms with Crippen LogP contribution in [-0.2, 0) is 0 Å². The summed E-state index contributed by atoms with van der Waals surface area (Å²) in [5, 5.41) is 0.753. The van der Waals surface area contributed by atoms with Gasteiger partial charge in [-0.3, -0.25) is 0 Å². The number of aromatic nitrogens is 2. The highest BCUT2D eigenvalue weighted by molar-refractivity contribution is 7.00. The first-order valence-electron chi connectivity index (χ1n) is 5.65. The summed E-state index contributed by atoms with van der Waals surface area (Å²) >= 11 is 7.53. The molecule has 1 atom stereocenters. The molecule has 1 aromatic heterocycles. The van der Waals surface area contributed by atoms with Gasteiger partial charge in [0.2, 0.25) is 0 Å². The molecule has 1 fully saturated rings. The molecule has 1 unspecified atom stereocenters. The van der Waals surface area contributed by atoms with Crippen LogP contribution in [0.5, 0.6) is 0 Å². The van der Waals surface area contributed by atoms with Gasteiger partial charge in [-0.15, -0.1) is 0 Å². The van der Waals surface area contributed by atoms with E-state index in [0.29, 0.717) is 5.92 Å². The summed E-state index contributed by atoms with van der Waals surface area (Å²) in [6.07, 6.45) is 1.13. The third-order valence-corrected chi connectivity index (χ3v) is 4.13. The second-order valence-electron chi connectivity index (χ2n) is 4.36. The van der Waals surface area contributed by atoms with Crippen molar-refractivity contribution in [3.05, 3.63) is 17.2 Å². The number of fused-ring (bicyclic) bond motifs is 1. The van der Waals surface area contributed by atoms with Crippen molar-refractivity contribution in [1.82, 2.24) is 8.75 Å². The molecule has 1 aliphatic rings. The van der Waals surface area contributed by atoms with Gasteiger partial charge in [0.1, 0.15) is 11.0 Å². The fraction of sp³-hybridized carbons (Fsp3) is 0.455. The molecule has 0 radical (unpaired) electrons. The number of rotatable bonds is 2. The number of anilines is 1. The minimum atomic E-state index is 0.563. The minimum absolute atomic E-state index is 0.563. The molecule has 2 aromatic rings. The molecule has 0 aliphatic carbocycles. The van der Waals surface area contributed by atoms with Gasteiger partial charge in [0, 0.05) is 13.1 Å². The Bertz CT molecular complexity index is 541. The molecule has 0 saturated carbocycles. The summed E-state index contributed by atoms with van der Waals surface area (Å²) in [6, 6.07) is 3.82. The molecule has 0 bridgehead atoms. The first-order chi connectivity index (χ1) is 8.29. The quantitative estimate of drug-likeness (QED) is 0.907. The summed E-state index contributed by atoms with van der Waals surface area (Å²) in [6.45, 7) is 2.70. The first-order valence-corrected chi connectivity index (χ1v) is 6.76. The van der Waals surface area contributed by atoms with Gasteiger partial charge in [0.25, 0.3) is 0 Å². The Kier molecular flexibility index (Phi) is 2.90. The Morgan fingerprint density at radius 2 is 2.35 bits per heavy atom. The van der Waals surface area contributed by atoms with E-state index < -0.39 is 0 Å². The Morgan fingerprint density at radius 3 is 3.12 bits per heavy atom. The van der Waals surface area contributed by atoms with Gasteiger partial charge in [-0.2, -0.15) is 8.75 Å². The SMILES string of the molecule is NCC1CCN(c2c(Cl)ccc3nsnc23)C1. The van der Waals surface area contributed by atoms with Crippen molar-refractivity contribution in [1.29, 1.82) is 0 Å². The Morgan fingerprint density at radius 1 is 1.47 bits per heavy atom. The van der Waals surface area contributed by atoms with E-state index >= 15 is 0 Å². The van der Waals surface area contributed by atoms with Crippen molar-refractivity contribution < 1.29 is 0 Å². The molecule has 17 heavy (non-hydrogen) atoms. The van der Waals surface area contributed by atoms with Crippen molar-refractivity contribution in [3.8, 4) is 0 Å². The van der Waals surface area contributed by atoms with E-state index in [2.05, 4.69) is 13.6 Å². The molecule has 6 heteroatoms. The lowest BCUT2D eigenvalue weighted by Gasteiger charge is -2.20. The molecule has 4 nitrogen and oxygen atoms in total. The topological polar surface area (TPSA) is 55.0 Å². The maximum atomic E-state index is 6.30. The summed E-state index contributed by atoms with van der Waals surface area (Å²) in [5.74, 6) is 0.563. The maximum absolute atomic E-state index is 6.30. The van der Waals surface area contributed by atoms with Gasteiger partial charge in [-0.05, 0) is 31.0 Å². The Labute approximate surface area is 109 Å². The third kappa shape index (κ3) is 1.88. The Hall–Kier alpha value is -0.910. The number of benzene rings is 1. The minimum Gasteiger partial charge on any atom is -0.368 e. The number of hydrogen-bond donors (Lipinski definition) is 1. The van der Waals surface area contributed by atoms with Crippen molar-refractivity contribution in [2.45, 2.75) is 6.42 Å². The van der Waals surface area contributed by atoms with E-state index in [1.165, 1.54) is 11.7 Å². The van der Waals surface area contributed by atoms with Crippen molar-refractivity contribution in [2.75, 3.05) is 24.5 Å². The molecule has 90 valence electrons. The van der Waals surface area contributed by atoms with E-state index in [-0.39, 0.29) is 0 Å². The predicted molar refractivity (Wildman–Crippen MR) is 71.8 cm³/mol.